The standard InChI is InChI=1S/C23H25N3O5S/c1-3-12-30-17-6-4-16(5-7-17)20(28)9-11-22(29)26-23-25-19(14-32-23)21-10-8-18(31-21)13-24-15(2)27/h4-8,10,14H,3,9,11-13H2,1-2H3,(H,24,27)(H,25,26,29). The highest BCUT2D eigenvalue weighted by molar-refractivity contribution is 7.14. The second-order valence-corrected chi connectivity index (χ2v) is 7.92. The largest absolute Gasteiger partial charge is 0.494 e. The highest BCUT2D eigenvalue weighted by Crippen LogP contribution is 2.26. The Hall–Kier alpha value is -3.46. The third-order valence-corrected chi connectivity index (χ3v) is 5.16. The molecule has 8 nitrogen and oxygen atoms in total. The summed E-state index contributed by atoms with van der Waals surface area (Å²) in [5.74, 6) is 1.34. The minimum Gasteiger partial charge on any atom is -0.494 e. The fraction of sp³-hybridized carbons (Fsp3) is 0.304. The number of hydrogen-bond acceptors (Lipinski definition) is 7. The van der Waals surface area contributed by atoms with Gasteiger partial charge in [-0.15, -0.1) is 11.3 Å². The molecule has 0 fully saturated rings. The van der Waals surface area contributed by atoms with Crippen LogP contribution in [-0.2, 0) is 16.1 Å². The number of benzene rings is 1. The molecule has 32 heavy (non-hydrogen) atoms. The molecule has 0 aliphatic rings. The SMILES string of the molecule is CCCOc1ccc(C(=O)CCC(=O)Nc2nc(-c3ccc(CNC(C)=O)o3)cs2)cc1. The molecule has 168 valence electrons. The summed E-state index contributed by atoms with van der Waals surface area (Å²) in [7, 11) is 0. The molecule has 0 saturated carbocycles. The van der Waals surface area contributed by atoms with Gasteiger partial charge in [0.15, 0.2) is 16.7 Å². The summed E-state index contributed by atoms with van der Waals surface area (Å²) in [6.45, 7) is 4.39. The van der Waals surface area contributed by atoms with Crippen molar-refractivity contribution in [3.05, 3.63) is 53.1 Å². The van der Waals surface area contributed by atoms with Gasteiger partial charge in [0.2, 0.25) is 11.8 Å². The third kappa shape index (κ3) is 6.78. The predicted molar refractivity (Wildman–Crippen MR) is 122 cm³/mol. The van der Waals surface area contributed by atoms with E-state index in [-0.39, 0.29) is 30.4 Å². The van der Waals surface area contributed by atoms with E-state index in [9.17, 15) is 14.4 Å². The molecule has 0 saturated heterocycles. The number of amides is 2. The second-order valence-electron chi connectivity index (χ2n) is 7.06. The van der Waals surface area contributed by atoms with Crippen LogP contribution in [0, 0.1) is 0 Å². The van der Waals surface area contributed by atoms with Gasteiger partial charge in [-0.25, -0.2) is 4.98 Å². The van der Waals surface area contributed by atoms with Crippen LogP contribution in [0.4, 0.5) is 5.13 Å². The summed E-state index contributed by atoms with van der Waals surface area (Å²) >= 11 is 1.27. The minimum atomic E-state index is -0.284. The van der Waals surface area contributed by atoms with Crippen molar-refractivity contribution in [3.8, 4) is 17.2 Å². The van der Waals surface area contributed by atoms with Gasteiger partial charge in [0.05, 0.1) is 13.2 Å². The smallest absolute Gasteiger partial charge is 0.226 e. The number of aromatic nitrogens is 1. The molecule has 2 amide bonds. The van der Waals surface area contributed by atoms with Crippen LogP contribution in [-0.4, -0.2) is 29.2 Å². The first-order valence-electron chi connectivity index (χ1n) is 10.3. The van der Waals surface area contributed by atoms with Gasteiger partial charge in [-0.3, -0.25) is 14.4 Å². The van der Waals surface area contributed by atoms with Crippen molar-refractivity contribution in [2.75, 3.05) is 11.9 Å². The molecule has 0 spiro atoms. The van der Waals surface area contributed by atoms with Crippen molar-refractivity contribution in [1.29, 1.82) is 0 Å². The molecule has 0 atom stereocenters. The zero-order valence-corrected chi connectivity index (χ0v) is 18.8. The number of anilines is 1. The normalized spacial score (nSPS) is 10.6. The lowest BCUT2D eigenvalue weighted by Gasteiger charge is -2.06. The monoisotopic (exact) mass is 455 g/mol. The van der Waals surface area contributed by atoms with Crippen LogP contribution in [0.2, 0.25) is 0 Å². The molecular weight excluding hydrogens is 430 g/mol. The summed E-state index contributed by atoms with van der Waals surface area (Å²) in [6, 6.07) is 10.5. The fourth-order valence-electron chi connectivity index (χ4n) is 2.78. The average molecular weight is 456 g/mol. The van der Waals surface area contributed by atoms with Gasteiger partial charge >= 0.3 is 0 Å². The number of nitrogens with zero attached hydrogens (tertiary/aromatic N) is 1. The van der Waals surface area contributed by atoms with Crippen LogP contribution in [0.15, 0.2) is 46.2 Å². The van der Waals surface area contributed by atoms with Gasteiger partial charge in [-0.2, -0.15) is 0 Å². The molecule has 2 N–H and O–H groups in total. The Morgan fingerprint density at radius 3 is 2.59 bits per heavy atom. The quantitative estimate of drug-likeness (QED) is 0.414. The molecule has 0 radical (unpaired) electrons. The van der Waals surface area contributed by atoms with E-state index in [0.29, 0.717) is 41.1 Å². The summed E-state index contributed by atoms with van der Waals surface area (Å²) in [5, 5.41) is 7.57. The number of rotatable bonds is 11. The Morgan fingerprint density at radius 1 is 1.09 bits per heavy atom. The molecule has 3 aromatic rings. The van der Waals surface area contributed by atoms with E-state index in [1.54, 1.807) is 41.8 Å². The Morgan fingerprint density at radius 2 is 1.88 bits per heavy atom. The van der Waals surface area contributed by atoms with E-state index in [2.05, 4.69) is 15.6 Å². The van der Waals surface area contributed by atoms with Crippen molar-refractivity contribution in [2.45, 2.75) is 39.7 Å². The van der Waals surface area contributed by atoms with Crippen molar-refractivity contribution >= 4 is 34.1 Å². The third-order valence-electron chi connectivity index (χ3n) is 4.40. The number of furan rings is 1. The number of Topliss-reactive ketones (excluding diaryl/α,β-unsaturated/α-hetero) is 1. The van der Waals surface area contributed by atoms with Gasteiger partial charge in [0, 0.05) is 30.7 Å². The topological polar surface area (TPSA) is 111 Å². The van der Waals surface area contributed by atoms with Crippen LogP contribution in [0.3, 0.4) is 0 Å². The molecule has 2 heterocycles. The summed E-state index contributed by atoms with van der Waals surface area (Å²) in [4.78, 5) is 39.9. The lowest BCUT2D eigenvalue weighted by molar-refractivity contribution is -0.119. The predicted octanol–water partition coefficient (Wildman–Crippen LogP) is 4.43. The van der Waals surface area contributed by atoms with Crippen LogP contribution < -0.4 is 15.4 Å². The highest BCUT2D eigenvalue weighted by Gasteiger charge is 2.13. The zero-order chi connectivity index (χ0) is 22.9. The molecule has 3 rings (SSSR count). The van der Waals surface area contributed by atoms with E-state index in [1.165, 1.54) is 18.3 Å². The number of thiazole rings is 1. The minimum absolute atomic E-state index is 0.0590. The van der Waals surface area contributed by atoms with E-state index in [4.69, 9.17) is 9.15 Å². The molecule has 1 aromatic carbocycles. The van der Waals surface area contributed by atoms with E-state index >= 15 is 0 Å². The van der Waals surface area contributed by atoms with Crippen molar-refractivity contribution in [2.24, 2.45) is 0 Å². The second kappa shape index (κ2) is 11.2. The zero-order valence-electron chi connectivity index (χ0n) is 18.0. The van der Waals surface area contributed by atoms with Crippen molar-refractivity contribution in [3.63, 3.8) is 0 Å². The summed E-state index contributed by atoms with van der Waals surface area (Å²) in [6.07, 6.45) is 1.07. The molecular formula is C23H25N3O5S. The van der Waals surface area contributed by atoms with Crippen LogP contribution >= 0.6 is 11.3 Å². The van der Waals surface area contributed by atoms with Crippen LogP contribution in [0.25, 0.3) is 11.5 Å². The number of carbonyl (C=O) groups excluding carboxylic acids is 3. The molecule has 0 aliphatic heterocycles. The number of hydrogen-bond donors (Lipinski definition) is 2. The lowest BCUT2D eigenvalue weighted by atomic mass is 10.1. The van der Waals surface area contributed by atoms with Crippen LogP contribution in [0.1, 0.15) is 49.2 Å². The first-order valence-corrected chi connectivity index (χ1v) is 11.2. The molecule has 9 heteroatoms. The lowest BCUT2D eigenvalue weighted by Crippen LogP contribution is -2.18. The Bertz CT molecular complexity index is 1070. The molecule has 0 unspecified atom stereocenters. The fourth-order valence-corrected chi connectivity index (χ4v) is 3.49. The van der Waals surface area contributed by atoms with E-state index in [0.717, 1.165) is 12.2 Å². The first-order chi connectivity index (χ1) is 15.4. The number of ether oxygens (including phenoxy) is 1. The number of carbonyl (C=O) groups is 3. The molecule has 0 aliphatic carbocycles. The summed E-state index contributed by atoms with van der Waals surface area (Å²) in [5.41, 5.74) is 1.13. The Kier molecular flexibility index (Phi) is 8.15. The number of nitrogens with one attached hydrogen (secondary N) is 2. The van der Waals surface area contributed by atoms with Crippen molar-refractivity contribution < 1.29 is 23.5 Å². The van der Waals surface area contributed by atoms with Gasteiger partial charge in [0.1, 0.15) is 17.2 Å². The van der Waals surface area contributed by atoms with Gasteiger partial charge in [0.25, 0.3) is 0 Å². The average Bonchev–Trinajstić information content (AvgIpc) is 3.44. The van der Waals surface area contributed by atoms with Gasteiger partial charge in [-0.1, -0.05) is 6.92 Å². The molecule has 0 bridgehead atoms. The maximum atomic E-state index is 12.3. The maximum Gasteiger partial charge on any atom is 0.226 e. The Balaban J connectivity index is 1.48. The van der Waals surface area contributed by atoms with Crippen molar-refractivity contribution in [1.82, 2.24) is 10.3 Å². The van der Waals surface area contributed by atoms with E-state index < -0.39 is 0 Å². The first kappa shape index (κ1) is 23.2. The van der Waals surface area contributed by atoms with Crippen LogP contribution in [0.5, 0.6) is 5.75 Å². The summed E-state index contributed by atoms with van der Waals surface area (Å²) < 4.78 is 11.2. The van der Waals surface area contributed by atoms with Gasteiger partial charge < -0.3 is 19.8 Å². The highest BCUT2D eigenvalue weighted by atomic mass is 32.1. The maximum absolute atomic E-state index is 12.3. The van der Waals surface area contributed by atoms with Gasteiger partial charge in [-0.05, 0) is 42.8 Å². The Labute approximate surface area is 190 Å². The van der Waals surface area contributed by atoms with E-state index in [1.807, 2.05) is 6.92 Å². The molecule has 2 aromatic heterocycles. The number of ketones is 1.